The predicted molar refractivity (Wildman–Crippen MR) is 131 cm³/mol. The number of carbonyl (C=O) groups is 2. The van der Waals surface area contributed by atoms with E-state index in [9.17, 15) is 24.5 Å². The van der Waals surface area contributed by atoms with Gasteiger partial charge in [-0.1, -0.05) is 23.5 Å². The van der Waals surface area contributed by atoms with Crippen LogP contribution in [0.5, 0.6) is 5.75 Å². The van der Waals surface area contributed by atoms with Crippen molar-refractivity contribution in [3.63, 3.8) is 0 Å². The van der Waals surface area contributed by atoms with Crippen LogP contribution in [-0.2, 0) is 14.3 Å². The monoisotopic (exact) mass is 507 g/mol. The normalized spacial score (nSPS) is 15.2. The lowest BCUT2D eigenvalue weighted by Crippen LogP contribution is -2.39. The van der Waals surface area contributed by atoms with Crippen molar-refractivity contribution in [1.29, 1.82) is 0 Å². The summed E-state index contributed by atoms with van der Waals surface area (Å²) in [6.45, 7) is 4.82. The minimum Gasteiger partial charge on any atom is -0.463 e. The number of rotatable bonds is 6. The highest BCUT2D eigenvalue weighted by Gasteiger charge is 2.33. The van der Waals surface area contributed by atoms with Crippen LogP contribution >= 0.6 is 11.3 Å². The second kappa shape index (κ2) is 10.1. The zero-order valence-electron chi connectivity index (χ0n) is 19.6. The van der Waals surface area contributed by atoms with Crippen LogP contribution in [0.25, 0.3) is 6.08 Å². The van der Waals surface area contributed by atoms with E-state index >= 15 is 0 Å². The molecule has 0 spiro atoms. The number of esters is 2. The van der Waals surface area contributed by atoms with Crippen LogP contribution in [0.1, 0.15) is 37.9 Å². The van der Waals surface area contributed by atoms with Crippen molar-refractivity contribution in [1.82, 2.24) is 4.57 Å². The van der Waals surface area contributed by atoms with Crippen molar-refractivity contribution in [2.45, 2.75) is 26.8 Å². The molecule has 0 saturated carbocycles. The van der Waals surface area contributed by atoms with E-state index in [1.807, 2.05) is 0 Å². The number of thiazole rings is 1. The van der Waals surface area contributed by atoms with Gasteiger partial charge in [0.15, 0.2) is 4.80 Å². The largest absolute Gasteiger partial charge is 0.463 e. The summed E-state index contributed by atoms with van der Waals surface area (Å²) in [6.07, 6.45) is 1.62. The van der Waals surface area contributed by atoms with Gasteiger partial charge in [0.25, 0.3) is 11.2 Å². The van der Waals surface area contributed by atoms with Gasteiger partial charge in [-0.15, -0.1) is 0 Å². The lowest BCUT2D eigenvalue weighted by atomic mass is 9.96. The van der Waals surface area contributed by atoms with Crippen molar-refractivity contribution >= 4 is 35.0 Å². The molecule has 0 bridgehead atoms. The zero-order valence-corrected chi connectivity index (χ0v) is 20.4. The van der Waals surface area contributed by atoms with E-state index in [-0.39, 0.29) is 23.4 Å². The fraction of sp³-hybridized carbons (Fsp3) is 0.200. The zero-order chi connectivity index (χ0) is 26.0. The number of non-ortho nitro benzene ring substituents is 1. The summed E-state index contributed by atoms with van der Waals surface area (Å²) in [4.78, 5) is 53.1. The molecule has 0 unspecified atom stereocenters. The van der Waals surface area contributed by atoms with Gasteiger partial charge in [-0.2, -0.15) is 0 Å². The number of fused-ring (bicyclic) bond motifs is 1. The summed E-state index contributed by atoms with van der Waals surface area (Å²) >= 11 is 1.15. The van der Waals surface area contributed by atoms with Crippen molar-refractivity contribution in [2.75, 3.05) is 6.61 Å². The molecule has 0 N–H and O–H groups in total. The number of allylic oxidation sites excluding steroid dienone is 1. The third-order valence-corrected chi connectivity index (χ3v) is 6.36. The van der Waals surface area contributed by atoms with E-state index in [2.05, 4.69) is 4.99 Å². The molecule has 0 amide bonds. The maximum Gasteiger partial charge on any atom is 0.338 e. The Bertz CT molecular complexity index is 1570. The second-order valence-electron chi connectivity index (χ2n) is 7.81. The van der Waals surface area contributed by atoms with Crippen LogP contribution in [0.3, 0.4) is 0 Å². The maximum atomic E-state index is 13.6. The first kappa shape index (κ1) is 24.7. The third-order valence-electron chi connectivity index (χ3n) is 5.38. The molecule has 1 aliphatic heterocycles. The van der Waals surface area contributed by atoms with Gasteiger partial charge in [-0.3, -0.25) is 24.3 Å². The summed E-state index contributed by atoms with van der Waals surface area (Å²) in [5, 5.41) is 10.9. The minimum atomic E-state index is -0.814. The summed E-state index contributed by atoms with van der Waals surface area (Å²) in [6, 6.07) is 11.5. The van der Waals surface area contributed by atoms with Gasteiger partial charge in [0, 0.05) is 19.1 Å². The van der Waals surface area contributed by atoms with E-state index in [0.29, 0.717) is 31.9 Å². The molecule has 0 radical (unpaired) electrons. The number of carbonyl (C=O) groups excluding carboxylic acids is 2. The lowest BCUT2D eigenvalue weighted by molar-refractivity contribution is -0.384. The Morgan fingerprint density at radius 2 is 1.83 bits per heavy atom. The van der Waals surface area contributed by atoms with Gasteiger partial charge < -0.3 is 9.47 Å². The van der Waals surface area contributed by atoms with Crippen molar-refractivity contribution in [3.05, 3.63) is 101 Å². The molecule has 0 fully saturated rings. The average molecular weight is 508 g/mol. The van der Waals surface area contributed by atoms with E-state index in [0.717, 1.165) is 11.3 Å². The van der Waals surface area contributed by atoms with Gasteiger partial charge in [0.05, 0.1) is 33.4 Å². The predicted octanol–water partition coefficient (Wildman–Crippen LogP) is 2.63. The van der Waals surface area contributed by atoms with Gasteiger partial charge in [0.2, 0.25) is 0 Å². The highest BCUT2D eigenvalue weighted by atomic mass is 32.1. The molecule has 10 nitrogen and oxygen atoms in total. The molecule has 184 valence electrons. The Balaban J connectivity index is 1.87. The highest BCUT2D eigenvalue weighted by molar-refractivity contribution is 7.07. The SMILES string of the molecule is CCOC(=O)C1=C(C)N=c2s/c(=C\c3ccc([N+](=O)[O-])cc3)c(=O)n2[C@@H]1c1ccc(OC(C)=O)cc1. The Morgan fingerprint density at radius 3 is 2.42 bits per heavy atom. The molecule has 36 heavy (non-hydrogen) atoms. The molecule has 2 aromatic carbocycles. The summed E-state index contributed by atoms with van der Waals surface area (Å²) in [5.74, 6) is -0.724. The highest BCUT2D eigenvalue weighted by Crippen LogP contribution is 2.31. The first-order chi connectivity index (χ1) is 17.2. The van der Waals surface area contributed by atoms with Crippen LogP contribution in [-0.4, -0.2) is 28.0 Å². The van der Waals surface area contributed by atoms with E-state index in [1.165, 1.54) is 23.6 Å². The summed E-state index contributed by atoms with van der Waals surface area (Å²) in [7, 11) is 0. The quantitative estimate of drug-likeness (QED) is 0.217. The molecule has 3 aromatic rings. The van der Waals surface area contributed by atoms with Gasteiger partial charge >= 0.3 is 11.9 Å². The number of nitro groups is 1. The summed E-state index contributed by atoms with van der Waals surface area (Å²) < 4.78 is 12.2. The number of benzene rings is 2. The summed E-state index contributed by atoms with van der Waals surface area (Å²) in [5.41, 5.74) is 1.43. The van der Waals surface area contributed by atoms with Crippen LogP contribution in [0.4, 0.5) is 5.69 Å². The molecule has 1 aliphatic rings. The Morgan fingerprint density at radius 1 is 1.17 bits per heavy atom. The number of nitrogens with zero attached hydrogens (tertiary/aromatic N) is 3. The van der Waals surface area contributed by atoms with Crippen LogP contribution in [0.2, 0.25) is 0 Å². The number of nitro benzene ring substituents is 1. The van der Waals surface area contributed by atoms with Gasteiger partial charge in [0.1, 0.15) is 5.75 Å². The van der Waals surface area contributed by atoms with Gasteiger partial charge in [-0.25, -0.2) is 9.79 Å². The van der Waals surface area contributed by atoms with Crippen LogP contribution < -0.4 is 19.6 Å². The average Bonchev–Trinajstić information content (AvgIpc) is 3.13. The molecule has 1 aromatic heterocycles. The van der Waals surface area contributed by atoms with Crippen LogP contribution in [0, 0.1) is 10.1 Å². The first-order valence-electron chi connectivity index (χ1n) is 10.9. The Labute approximate surface area is 208 Å². The molecule has 11 heteroatoms. The fourth-order valence-corrected chi connectivity index (χ4v) is 4.88. The maximum absolute atomic E-state index is 13.6. The Kier molecular flexibility index (Phi) is 6.93. The molecule has 4 rings (SSSR count). The number of aromatic nitrogens is 1. The van der Waals surface area contributed by atoms with Gasteiger partial charge in [-0.05, 0) is 55.3 Å². The second-order valence-corrected chi connectivity index (χ2v) is 8.82. The number of hydrogen-bond donors (Lipinski definition) is 0. The fourth-order valence-electron chi connectivity index (χ4n) is 3.83. The molecule has 0 saturated heterocycles. The third kappa shape index (κ3) is 4.86. The molecule has 2 heterocycles. The van der Waals surface area contributed by atoms with E-state index < -0.39 is 22.9 Å². The van der Waals surface area contributed by atoms with Crippen LogP contribution in [0.15, 0.2) is 69.6 Å². The van der Waals surface area contributed by atoms with Crippen molar-refractivity contribution in [3.8, 4) is 5.75 Å². The molecule has 0 aliphatic carbocycles. The van der Waals surface area contributed by atoms with E-state index in [4.69, 9.17) is 9.47 Å². The molecular formula is C25H21N3O7S. The standard InChI is InChI=1S/C25H21N3O7S/c1-4-34-24(31)21-14(2)26-25-27(22(21)17-7-11-19(12-8-17)35-15(3)29)23(30)20(36-25)13-16-5-9-18(10-6-16)28(32)33/h5-13,22H,4H2,1-3H3/b20-13-/t22-/m1/s1. The van der Waals surface area contributed by atoms with E-state index in [1.54, 1.807) is 56.3 Å². The van der Waals surface area contributed by atoms with Crippen molar-refractivity contribution in [2.24, 2.45) is 4.99 Å². The number of ether oxygens (including phenoxy) is 2. The lowest BCUT2D eigenvalue weighted by Gasteiger charge is -2.24. The Hall–Kier alpha value is -4.38. The molecular weight excluding hydrogens is 486 g/mol. The number of hydrogen-bond acceptors (Lipinski definition) is 9. The minimum absolute atomic E-state index is 0.0551. The smallest absolute Gasteiger partial charge is 0.338 e. The van der Waals surface area contributed by atoms with Crippen molar-refractivity contribution < 1.29 is 24.0 Å². The first-order valence-corrected chi connectivity index (χ1v) is 11.7. The topological polar surface area (TPSA) is 130 Å². The molecule has 1 atom stereocenters.